The summed E-state index contributed by atoms with van der Waals surface area (Å²) in [7, 11) is 9.26. The lowest BCUT2D eigenvalue weighted by Crippen LogP contribution is -2.22. The number of ether oxygens (including phenoxy) is 4. The van der Waals surface area contributed by atoms with E-state index in [4.69, 9.17) is 49.4 Å². The van der Waals surface area contributed by atoms with Gasteiger partial charge in [0.25, 0.3) is 23.5 Å². The predicted octanol–water partition coefficient (Wildman–Crippen LogP) is 10.3. The number of hydrogen-bond donors (Lipinski definition) is 3. The van der Waals surface area contributed by atoms with Gasteiger partial charge in [0, 0.05) is 28.3 Å². The number of fused-ring (bicyclic) bond motifs is 2. The number of pyridine rings is 2. The highest BCUT2D eigenvalue weighted by atomic mass is 35.5. The quantitative estimate of drug-likeness (QED) is 0.0768. The van der Waals surface area contributed by atoms with Crippen molar-refractivity contribution < 1.29 is 37.3 Å². The minimum absolute atomic E-state index is 0. The maximum absolute atomic E-state index is 14.2. The lowest BCUT2D eigenvalue weighted by atomic mass is 10.0. The van der Waals surface area contributed by atoms with Crippen LogP contribution in [0.15, 0.2) is 60.9 Å². The number of carbonyl (C=O) groups is 2. The first-order valence-corrected chi connectivity index (χ1v) is 21.8. The highest BCUT2D eigenvalue weighted by Crippen LogP contribution is 2.38. The molecule has 2 aliphatic heterocycles. The zero-order chi connectivity index (χ0) is 51.9. The van der Waals surface area contributed by atoms with Crippen molar-refractivity contribution >= 4 is 63.6 Å². The van der Waals surface area contributed by atoms with Crippen LogP contribution >= 0.6 is 11.6 Å². The highest BCUT2D eigenvalue weighted by molar-refractivity contribution is 6.30. The van der Waals surface area contributed by atoms with E-state index in [1.807, 2.05) is 27.7 Å². The van der Waals surface area contributed by atoms with Crippen LogP contribution in [0.5, 0.6) is 11.5 Å². The van der Waals surface area contributed by atoms with Crippen molar-refractivity contribution in [1.29, 1.82) is 0 Å². The standard InChI is InChI=1S/C25H25FN6O3.C15H13ClFN3O2.C9H12N4O.2CH4/c1-25(2,35-6)22-23(27-3)30-15(12-28-22)10-14-11-18(20-19(29-14)13-32(4)24(20)33)31-17-9-7-8-16(26)21(17)34-5;1-20-7-11-13(15(20)21)10(6-12(16)19-11)18-9-5-3-4-8(17)14(9)22-2;1-9(2,14-4)7-8(11-3)13-6(10)5-12-7;;/h7-9,11-12H,10,13H2,1-2,4-6H3,(H,29,31);3-6H,7H2,1-2H3,(H,18,19);5H,1-2,4H3,(H2,10,13);2*1H4. The number of rotatable bonds is 12. The van der Waals surface area contributed by atoms with Crippen LogP contribution in [-0.2, 0) is 40.2 Å². The molecule has 0 unspecified atom stereocenters. The molecule has 0 spiro atoms. The Morgan fingerprint density at radius 2 is 1.14 bits per heavy atom. The fourth-order valence-corrected chi connectivity index (χ4v) is 7.60. The number of halogens is 3. The Morgan fingerprint density at radius 1 is 0.685 bits per heavy atom. The smallest absolute Gasteiger partial charge is 0.296 e. The van der Waals surface area contributed by atoms with E-state index in [1.54, 1.807) is 80.7 Å². The van der Waals surface area contributed by atoms with E-state index in [1.165, 1.54) is 32.5 Å². The van der Waals surface area contributed by atoms with Gasteiger partial charge in [-0.25, -0.2) is 13.8 Å². The Kier molecular flexibility index (Phi) is 18.8. The molecule has 19 nitrogen and oxygen atoms in total. The Balaban J connectivity index is 0.000000260. The van der Waals surface area contributed by atoms with E-state index in [0.717, 1.165) is 0 Å². The van der Waals surface area contributed by atoms with Gasteiger partial charge in [-0.05, 0) is 64.1 Å². The summed E-state index contributed by atoms with van der Waals surface area (Å²) in [6.45, 7) is 22.5. The molecule has 2 aromatic carbocycles. The van der Waals surface area contributed by atoms with Gasteiger partial charge in [-0.2, -0.15) is 0 Å². The molecular formula is C51H58ClF2N13O6. The molecule has 0 fully saturated rings. The van der Waals surface area contributed by atoms with E-state index >= 15 is 0 Å². The normalized spacial score (nSPS) is 12.3. The van der Waals surface area contributed by atoms with Crippen molar-refractivity contribution in [1.82, 2.24) is 39.7 Å². The van der Waals surface area contributed by atoms with Gasteiger partial charge in [0.1, 0.15) is 5.15 Å². The molecule has 0 saturated carbocycles. The summed E-state index contributed by atoms with van der Waals surface area (Å²) in [6.07, 6.45) is 3.30. The third-order valence-electron chi connectivity index (χ3n) is 11.3. The predicted molar refractivity (Wildman–Crippen MR) is 275 cm³/mol. The number of amides is 2. The molecule has 0 saturated heterocycles. The van der Waals surface area contributed by atoms with E-state index < -0.39 is 22.8 Å². The molecule has 2 amide bonds. The van der Waals surface area contributed by atoms with E-state index in [2.05, 4.69) is 50.2 Å². The van der Waals surface area contributed by atoms with Crippen molar-refractivity contribution in [3.63, 3.8) is 0 Å². The number of nitrogens with one attached hydrogen (secondary N) is 2. The monoisotopic (exact) mass is 1020 g/mol. The third kappa shape index (κ3) is 12.5. The maximum Gasteiger partial charge on any atom is 0.296 e. The number of benzene rings is 2. The topological polar surface area (TPSA) is 214 Å². The average Bonchev–Trinajstić information content (AvgIpc) is 3.79. The number of nitrogen functional groups attached to an aromatic ring is 1. The van der Waals surface area contributed by atoms with Gasteiger partial charge in [-0.1, -0.05) is 56.7 Å². The maximum atomic E-state index is 14.2. The van der Waals surface area contributed by atoms with Crippen molar-refractivity contribution in [2.75, 3.05) is 58.9 Å². The van der Waals surface area contributed by atoms with Gasteiger partial charge in [0.15, 0.2) is 28.8 Å². The molecule has 22 heteroatoms. The first-order chi connectivity index (χ1) is 33.7. The Bertz CT molecular complexity index is 3110. The number of carbonyl (C=O) groups excluding carboxylic acids is 2. The molecule has 2 aliphatic rings. The van der Waals surface area contributed by atoms with E-state index in [0.29, 0.717) is 81.1 Å². The third-order valence-corrected chi connectivity index (χ3v) is 11.5. The second-order valence-electron chi connectivity index (χ2n) is 16.8. The first-order valence-electron chi connectivity index (χ1n) is 21.5. The van der Waals surface area contributed by atoms with Crippen LogP contribution in [0.25, 0.3) is 9.69 Å². The molecule has 8 rings (SSSR count). The average molecular weight is 1020 g/mol. The van der Waals surface area contributed by atoms with Gasteiger partial charge in [-0.3, -0.25) is 24.5 Å². The van der Waals surface area contributed by atoms with Crippen LogP contribution in [0.3, 0.4) is 0 Å². The van der Waals surface area contributed by atoms with E-state index in [-0.39, 0.29) is 67.2 Å². The van der Waals surface area contributed by atoms with Crippen LogP contribution in [-0.4, -0.2) is 94.1 Å². The fraction of sp³-hybridized carbons (Fsp3) is 0.333. The molecular weight excluding hydrogens is 964 g/mol. The van der Waals surface area contributed by atoms with Crippen molar-refractivity contribution in [3.8, 4) is 11.5 Å². The molecule has 0 radical (unpaired) electrons. The number of nitrogens with two attached hydrogens (primary N) is 1. The minimum Gasteiger partial charge on any atom is -0.492 e. The molecule has 384 valence electrons. The minimum atomic E-state index is -0.761. The molecule has 6 aromatic rings. The van der Waals surface area contributed by atoms with Crippen LogP contribution in [0, 0.1) is 24.8 Å². The molecule has 4 N–H and O–H groups in total. The second-order valence-corrected chi connectivity index (χ2v) is 17.2. The Labute approximate surface area is 428 Å². The Hall–Kier alpha value is -8.11. The van der Waals surface area contributed by atoms with Gasteiger partial charge in [0.05, 0.1) is 120 Å². The zero-order valence-corrected chi connectivity index (χ0v) is 41.3. The van der Waals surface area contributed by atoms with Crippen LogP contribution < -0.4 is 25.8 Å². The van der Waals surface area contributed by atoms with Gasteiger partial charge >= 0.3 is 0 Å². The largest absolute Gasteiger partial charge is 0.492 e. The molecule has 0 bridgehead atoms. The Morgan fingerprint density at radius 3 is 1.60 bits per heavy atom. The number of para-hydroxylation sites is 2. The number of aromatic nitrogens is 6. The summed E-state index contributed by atoms with van der Waals surface area (Å²) in [6, 6.07) is 12.3. The number of anilines is 5. The summed E-state index contributed by atoms with van der Waals surface area (Å²) in [5.74, 6) is -0.641. The number of nitrogens with zero attached hydrogens (tertiary/aromatic N) is 10. The molecule has 6 heterocycles. The fourth-order valence-electron chi connectivity index (χ4n) is 7.38. The van der Waals surface area contributed by atoms with Crippen molar-refractivity contribution in [3.05, 3.63) is 146 Å². The van der Waals surface area contributed by atoms with Crippen LogP contribution in [0.2, 0.25) is 5.15 Å². The van der Waals surface area contributed by atoms with Crippen molar-refractivity contribution in [2.45, 2.75) is 73.3 Å². The van der Waals surface area contributed by atoms with Crippen LogP contribution in [0.4, 0.5) is 49.0 Å². The van der Waals surface area contributed by atoms with Crippen molar-refractivity contribution in [2.24, 2.45) is 0 Å². The SMILES string of the molecule is C.C.COc1c(F)cccc1Nc1cc(Cl)nc2c1C(=O)N(C)C2.[C-]#[N+]c1nc(Cc2cc(Nc3cccc(F)c3OC)c3c(n2)CN(C)C3=O)cnc1C(C)(C)OC.[C-]#[N+]c1nc(N)cnc1C(C)(C)OC. The molecule has 4 aromatic heterocycles. The summed E-state index contributed by atoms with van der Waals surface area (Å²) in [5.41, 5.74) is 9.99. The summed E-state index contributed by atoms with van der Waals surface area (Å²) >= 11 is 6.01. The second kappa shape index (κ2) is 23.9. The lowest BCUT2D eigenvalue weighted by Gasteiger charge is -2.22. The molecule has 73 heavy (non-hydrogen) atoms. The zero-order valence-electron chi connectivity index (χ0n) is 40.5. The highest BCUT2D eigenvalue weighted by Gasteiger charge is 2.33. The van der Waals surface area contributed by atoms with Crippen LogP contribution in [0.1, 0.15) is 97.4 Å². The summed E-state index contributed by atoms with van der Waals surface area (Å²) in [4.78, 5) is 60.7. The molecule has 0 aliphatic carbocycles. The summed E-state index contributed by atoms with van der Waals surface area (Å²) in [5, 5.41) is 6.43. The number of methoxy groups -OCH3 is 4. The van der Waals surface area contributed by atoms with Gasteiger partial charge in [0.2, 0.25) is 5.82 Å². The molecule has 0 atom stereocenters. The van der Waals surface area contributed by atoms with E-state index in [9.17, 15) is 18.4 Å². The summed E-state index contributed by atoms with van der Waals surface area (Å²) < 4.78 is 49.0. The number of hydrogen-bond acceptors (Lipinski definition) is 15. The van der Waals surface area contributed by atoms with Gasteiger partial charge < -0.3 is 54.8 Å². The van der Waals surface area contributed by atoms with Gasteiger partial charge in [-0.15, -0.1) is 4.98 Å². The first kappa shape index (κ1) is 57.5. The lowest BCUT2D eigenvalue weighted by molar-refractivity contribution is 0.0158.